The first-order valence-corrected chi connectivity index (χ1v) is 11.6. The molecular formula is C23H15Br2N3O7. The van der Waals surface area contributed by atoms with Crippen molar-refractivity contribution in [1.82, 2.24) is 5.43 Å². The Morgan fingerprint density at radius 2 is 1.83 bits per heavy atom. The lowest BCUT2D eigenvalue weighted by molar-refractivity contribution is -0.385. The first kappa shape index (κ1) is 24.4. The second-order valence-corrected chi connectivity index (χ2v) is 8.87. The zero-order valence-corrected chi connectivity index (χ0v) is 20.8. The summed E-state index contributed by atoms with van der Waals surface area (Å²) in [5, 5.41) is 15.2. The highest BCUT2D eigenvalue weighted by Crippen LogP contribution is 2.34. The number of rotatable bonds is 6. The second kappa shape index (κ2) is 10.7. The van der Waals surface area contributed by atoms with E-state index >= 15 is 0 Å². The summed E-state index contributed by atoms with van der Waals surface area (Å²) in [4.78, 5) is 35.8. The van der Waals surface area contributed by atoms with E-state index in [9.17, 15) is 19.7 Å². The molecule has 0 radical (unpaired) electrons. The average molecular weight is 605 g/mol. The molecular weight excluding hydrogens is 590 g/mol. The molecule has 3 aromatic carbocycles. The first-order chi connectivity index (χ1) is 16.8. The molecule has 1 amide bonds. The van der Waals surface area contributed by atoms with Gasteiger partial charge in [0.2, 0.25) is 6.10 Å². The lowest BCUT2D eigenvalue weighted by Crippen LogP contribution is -2.42. The molecule has 0 saturated carbocycles. The van der Waals surface area contributed by atoms with Gasteiger partial charge in [-0.05, 0) is 52.3 Å². The average Bonchev–Trinajstić information content (AvgIpc) is 2.85. The van der Waals surface area contributed by atoms with Crippen LogP contribution in [0, 0.1) is 10.1 Å². The fraction of sp³-hybridized carbons (Fsp3) is 0.0870. The van der Waals surface area contributed by atoms with Gasteiger partial charge in [-0.2, -0.15) is 5.10 Å². The van der Waals surface area contributed by atoms with E-state index < -0.39 is 22.9 Å². The number of hydrazone groups is 1. The van der Waals surface area contributed by atoms with Crippen molar-refractivity contribution >= 4 is 55.6 Å². The minimum Gasteiger partial charge on any atom is -0.485 e. The summed E-state index contributed by atoms with van der Waals surface area (Å²) in [5.74, 6) is -0.329. The maximum absolute atomic E-state index is 12.6. The number of esters is 1. The SMILES string of the molecule is O=C(Oc1c(Br)cc([N+](=O)[O-])cc1C=NNC(=O)C1COc2ccccc2O1)c1ccc(Br)cc1. The number of carbonyl (C=O) groups excluding carboxylic acids is 2. The molecule has 0 spiro atoms. The van der Waals surface area contributed by atoms with Crippen LogP contribution in [0.1, 0.15) is 15.9 Å². The highest BCUT2D eigenvalue weighted by Gasteiger charge is 2.27. The summed E-state index contributed by atoms with van der Waals surface area (Å²) in [7, 11) is 0. The van der Waals surface area contributed by atoms with E-state index in [1.807, 2.05) is 0 Å². The fourth-order valence-electron chi connectivity index (χ4n) is 3.03. The minimum absolute atomic E-state index is 0.00676. The number of fused-ring (bicyclic) bond motifs is 1. The number of nitro groups is 1. The van der Waals surface area contributed by atoms with E-state index in [4.69, 9.17) is 14.2 Å². The summed E-state index contributed by atoms with van der Waals surface area (Å²) in [6, 6.07) is 15.8. The molecule has 35 heavy (non-hydrogen) atoms. The van der Waals surface area contributed by atoms with Gasteiger partial charge in [0.1, 0.15) is 6.61 Å². The number of nitrogens with zero attached hydrogens (tertiary/aromatic N) is 2. The van der Waals surface area contributed by atoms with Crippen LogP contribution in [0.3, 0.4) is 0 Å². The number of hydrogen-bond donors (Lipinski definition) is 1. The van der Waals surface area contributed by atoms with Crippen molar-refractivity contribution in [3.05, 3.63) is 90.9 Å². The molecule has 1 unspecified atom stereocenters. The molecule has 1 atom stereocenters. The van der Waals surface area contributed by atoms with Crippen LogP contribution in [0.5, 0.6) is 17.2 Å². The van der Waals surface area contributed by atoms with E-state index in [0.29, 0.717) is 11.5 Å². The number of nitrogens with one attached hydrogen (secondary N) is 1. The maximum Gasteiger partial charge on any atom is 0.343 e. The van der Waals surface area contributed by atoms with Gasteiger partial charge in [0.15, 0.2) is 17.2 Å². The summed E-state index contributed by atoms with van der Waals surface area (Å²) >= 11 is 6.49. The van der Waals surface area contributed by atoms with Crippen molar-refractivity contribution in [2.45, 2.75) is 6.10 Å². The molecule has 3 aromatic rings. The normalized spacial score (nSPS) is 14.4. The van der Waals surface area contributed by atoms with Crippen LogP contribution in [0.4, 0.5) is 5.69 Å². The first-order valence-electron chi connectivity index (χ1n) is 9.99. The van der Waals surface area contributed by atoms with Gasteiger partial charge in [0, 0.05) is 22.2 Å². The smallest absolute Gasteiger partial charge is 0.343 e. The third-order valence-electron chi connectivity index (χ3n) is 4.72. The Kier molecular flexibility index (Phi) is 7.42. The number of hydrogen-bond acceptors (Lipinski definition) is 8. The Bertz CT molecular complexity index is 1330. The Balaban J connectivity index is 1.52. The Labute approximate surface area is 215 Å². The molecule has 0 fully saturated rings. The third kappa shape index (κ3) is 5.84. The van der Waals surface area contributed by atoms with Crippen molar-refractivity contribution in [3.63, 3.8) is 0 Å². The van der Waals surface area contributed by atoms with Crippen molar-refractivity contribution in [3.8, 4) is 17.2 Å². The van der Waals surface area contributed by atoms with Crippen LogP contribution in [0.15, 0.2) is 74.7 Å². The van der Waals surface area contributed by atoms with E-state index in [2.05, 4.69) is 42.4 Å². The second-order valence-electron chi connectivity index (χ2n) is 7.10. The van der Waals surface area contributed by atoms with Crippen molar-refractivity contribution in [2.75, 3.05) is 6.61 Å². The van der Waals surface area contributed by atoms with Crippen molar-refractivity contribution in [2.24, 2.45) is 5.10 Å². The van der Waals surface area contributed by atoms with Gasteiger partial charge in [0.25, 0.3) is 11.6 Å². The van der Waals surface area contributed by atoms with Gasteiger partial charge in [-0.3, -0.25) is 14.9 Å². The van der Waals surface area contributed by atoms with Gasteiger partial charge in [-0.25, -0.2) is 10.2 Å². The fourth-order valence-corrected chi connectivity index (χ4v) is 3.84. The largest absolute Gasteiger partial charge is 0.485 e. The van der Waals surface area contributed by atoms with Crippen molar-refractivity contribution in [1.29, 1.82) is 0 Å². The lowest BCUT2D eigenvalue weighted by atomic mass is 10.2. The zero-order valence-electron chi connectivity index (χ0n) is 17.6. The highest BCUT2D eigenvalue weighted by atomic mass is 79.9. The monoisotopic (exact) mass is 603 g/mol. The van der Waals surface area contributed by atoms with Gasteiger partial charge < -0.3 is 14.2 Å². The van der Waals surface area contributed by atoms with E-state index in [-0.39, 0.29) is 33.6 Å². The topological polar surface area (TPSA) is 129 Å². The van der Waals surface area contributed by atoms with Crippen LogP contribution >= 0.6 is 31.9 Å². The molecule has 178 valence electrons. The molecule has 4 rings (SSSR count). The van der Waals surface area contributed by atoms with Gasteiger partial charge in [0.05, 0.1) is 21.2 Å². The molecule has 1 aliphatic heterocycles. The van der Waals surface area contributed by atoms with Crippen LogP contribution in [0.2, 0.25) is 0 Å². The predicted octanol–water partition coefficient (Wildman–Crippen LogP) is 4.63. The van der Waals surface area contributed by atoms with Gasteiger partial charge in [-0.1, -0.05) is 28.1 Å². The molecule has 1 N–H and O–H groups in total. The van der Waals surface area contributed by atoms with Crippen molar-refractivity contribution < 1.29 is 28.7 Å². The molecule has 0 aromatic heterocycles. The van der Waals surface area contributed by atoms with Crippen LogP contribution in [-0.4, -0.2) is 35.7 Å². The molecule has 1 aliphatic rings. The molecule has 0 aliphatic carbocycles. The minimum atomic E-state index is -0.950. The number of nitro benzene ring substituents is 1. The van der Waals surface area contributed by atoms with E-state index in [1.54, 1.807) is 48.5 Å². The number of carbonyl (C=O) groups is 2. The highest BCUT2D eigenvalue weighted by molar-refractivity contribution is 9.10. The zero-order chi connectivity index (χ0) is 24.9. The third-order valence-corrected chi connectivity index (χ3v) is 5.84. The van der Waals surface area contributed by atoms with Gasteiger partial charge >= 0.3 is 5.97 Å². The van der Waals surface area contributed by atoms with Crippen LogP contribution in [0.25, 0.3) is 0 Å². The number of benzene rings is 3. The predicted molar refractivity (Wildman–Crippen MR) is 132 cm³/mol. The Morgan fingerprint density at radius 1 is 1.11 bits per heavy atom. The summed E-state index contributed by atoms with van der Waals surface area (Å²) < 4.78 is 17.5. The standard InChI is InChI=1S/C23H15Br2N3O7/c24-15-7-5-13(6-8-15)23(30)35-21-14(9-16(28(31)32)10-17(21)25)11-26-27-22(29)20-12-33-18-3-1-2-4-19(18)34-20/h1-11,20H,12H2,(H,27,29). The van der Waals surface area contributed by atoms with Gasteiger partial charge in [-0.15, -0.1) is 0 Å². The number of amides is 1. The molecule has 1 heterocycles. The Hall–Kier alpha value is -3.77. The molecule has 10 nitrogen and oxygen atoms in total. The number of non-ortho nitro benzene ring substituents is 1. The van der Waals surface area contributed by atoms with Crippen LogP contribution < -0.4 is 19.6 Å². The molecule has 0 bridgehead atoms. The molecule has 12 heteroatoms. The summed E-state index contributed by atoms with van der Waals surface area (Å²) in [6.45, 7) is -0.0171. The quantitative estimate of drug-likeness (QED) is 0.143. The van der Waals surface area contributed by atoms with E-state index in [0.717, 1.165) is 10.7 Å². The Morgan fingerprint density at radius 3 is 2.54 bits per heavy atom. The molecule has 0 saturated heterocycles. The summed E-state index contributed by atoms with van der Waals surface area (Å²) in [6.07, 6.45) is 0.186. The number of para-hydroxylation sites is 2. The maximum atomic E-state index is 12.6. The lowest BCUT2D eigenvalue weighted by Gasteiger charge is -2.24. The van der Waals surface area contributed by atoms with Crippen LogP contribution in [-0.2, 0) is 4.79 Å². The number of ether oxygens (including phenoxy) is 3. The van der Waals surface area contributed by atoms with E-state index in [1.165, 1.54) is 12.1 Å². The number of halogens is 2. The summed E-state index contributed by atoms with van der Waals surface area (Å²) in [5.41, 5.74) is 2.40.